The summed E-state index contributed by atoms with van der Waals surface area (Å²) in [4.78, 5) is 43.6. The monoisotopic (exact) mass is 614 g/mol. The van der Waals surface area contributed by atoms with Crippen molar-refractivity contribution in [3.05, 3.63) is 89.0 Å². The maximum atomic E-state index is 13.8. The van der Waals surface area contributed by atoms with Crippen LogP contribution in [0, 0.1) is 0 Å². The molecule has 2 aromatic carbocycles. The summed E-state index contributed by atoms with van der Waals surface area (Å²) in [6.45, 7) is 3.62. The number of thiazole rings is 1. The third kappa shape index (κ3) is 5.84. The van der Waals surface area contributed by atoms with Gasteiger partial charge in [-0.05, 0) is 42.7 Å². The van der Waals surface area contributed by atoms with E-state index in [1.165, 1.54) is 25.6 Å². The highest BCUT2D eigenvalue weighted by Crippen LogP contribution is 2.34. The van der Waals surface area contributed by atoms with E-state index >= 15 is 0 Å². The molecule has 0 radical (unpaired) electrons. The van der Waals surface area contributed by atoms with Gasteiger partial charge in [-0.1, -0.05) is 64.5 Å². The Morgan fingerprint density at radius 1 is 1.13 bits per heavy atom. The quantitative estimate of drug-likeness (QED) is 0.340. The zero-order valence-electron chi connectivity index (χ0n) is 21.9. The fourth-order valence-electron chi connectivity index (χ4n) is 4.23. The van der Waals surface area contributed by atoms with Crippen LogP contribution in [0.3, 0.4) is 0 Å². The van der Waals surface area contributed by atoms with Crippen LogP contribution in [0.1, 0.15) is 37.4 Å². The molecule has 3 aromatic rings. The topological polar surface area (TPSA) is 105 Å². The number of benzene rings is 2. The summed E-state index contributed by atoms with van der Waals surface area (Å²) in [5.74, 6) is -0.295. The second kappa shape index (κ2) is 12.4. The van der Waals surface area contributed by atoms with Crippen molar-refractivity contribution in [2.24, 2.45) is 4.99 Å². The molecule has 0 amide bonds. The van der Waals surface area contributed by atoms with Gasteiger partial charge in [0.2, 0.25) is 0 Å². The second-order valence-electron chi connectivity index (χ2n) is 8.32. The van der Waals surface area contributed by atoms with Crippen molar-refractivity contribution in [1.29, 1.82) is 0 Å². The molecular weight excluding hydrogens is 588 g/mol. The van der Waals surface area contributed by atoms with Gasteiger partial charge in [0, 0.05) is 4.47 Å². The molecule has 0 saturated carbocycles. The van der Waals surface area contributed by atoms with Gasteiger partial charge in [-0.3, -0.25) is 9.36 Å². The number of nitrogens with zero attached hydrogens (tertiary/aromatic N) is 2. The van der Waals surface area contributed by atoms with E-state index in [0.29, 0.717) is 48.6 Å². The molecular formula is C28H27BrN2O7S. The lowest BCUT2D eigenvalue weighted by Gasteiger charge is -2.25. The number of methoxy groups -OCH3 is 2. The molecule has 4 rings (SSSR count). The van der Waals surface area contributed by atoms with Crippen LogP contribution < -0.4 is 24.4 Å². The van der Waals surface area contributed by atoms with Crippen LogP contribution in [0.5, 0.6) is 11.5 Å². The fourth-order valence-corrected chi connectivity index (χ4v) is 5.68. The number of allylic oxidation sites excluding steroid dienone is 1. The maximum Gasteiger partial charge on any atom is 0.344 e. The number of hydrogen-bond donors (Lipinski definition) is 0. The van der Waals surface area contributed by atoms with Crippen molar-refractivity contribution in [2.75, 3.05) is 27.4 Å². The van der Waals surface area contributed by atoms with Crippen LogP contribution in [-0.4, -0.2) is 43.9 Å². The average molecular weight is 616 g/mol. The number of carbonyl (C=O) groups is 2. The Morgan fingerprint density at radius 2 is 1.87 bits per heavy atom. The van der Waals surface area contributed by atoms with E-state index in [1.54, 1.807) is 29.7 Å². The molecule has 1 aliphatic rings. The molecule has 204 valence electrons. The predicted octanol–water partition coefficient (Wildman–Crippen LogP) is 3.51. The molecule has 1 aliphatic heterocycles. The smallest absolute Gasteiger partial charge is 0.344 e. The molecule has 0 N–H and O–H groups in total. The van der Waals surface area contributed by atoms with E-state index in [-0.39, 0.29) is 18.8 Å². The number of hydrogen-bond acceptors (Lipinski definition) is 9. The van der Waals surface area contributed by atoms with Crippen LogP contribution in [0.25, 0.3) is 6.08 Å². The van der Waals surface area contributed by atoms with Gasteiger partial charge >= 0.3 is 11.9 Å². The lowest BCUT2D eigenvalue weighted by atomic mass is 9.95. The average Bonchev–Trinajstić information content (AvgIpc) is 3.26. The van der Waals surface area contributed by atoms with E-state index in [0.717, 1.165) is 5.56 Å². The zero-order chi connectivity index (χ0) is 28.1. The second-order valence-corrected chi connectivity index (χ2v) is 10.2. The minimum absolute atomic E-state index is 0.255. The Morgan fingerprint density at radius 3 is 2.51 bits per heavy atom. The Hall–Kier alpha value is -3.70. The minimum Gasteiger partial charge on any atom is -0.493 e. The van der Waals surface area contributed by atoms with E-state index in [4.69, 9.17) is 18.9 Å². The van der Waals surface area contributed by atoms with E-state index < -0.39 is 18.0 Å². The molecule has 39 heavy (non-hydrogen) atoms. The molecule has 9 nitrogen and oxygen atoms in total. The lowest BCUT2D eigenvalue weighted by molar-refractivity contribution is -0.145. The number of carbonyl (C=O) groups excluding carboxylic acids is 2. The lowest BCUT2D eigenvalue weighted by Crippen LogP contribution is -2.40. The van der Waals surface area contributed by atoms with Gasteiger partial charge in [-0.15, -0.1) is 0 Å². The van der Waals surface area contributed by atoms with Crippen LogP contribution in [0.4, 0.5) is 0 Å². The first-order chi connectivity index (χ1) is 18.8. The van der Waals surface area contributed by atoms with Gasteiger partial charge in [-0.2, -0.15) is 0 Å². The molecule has 0 unspecified atom stereocenters. The summed E-state index contributed by atoms with van der Waals surface area (Å²) >= 11 is 4.76. The van der Waals surface area contributed by atoms with Gasteiger partial charge < -0.3 is 18.9 Å². The van der Waals surface area contributed by atoms with Gasteiger partial charge in [0.25, 0.3) is 5.56 Å². The standard InChI is InChI=1S/C28H27BrN2O7S/c1-5-19-24(27(34)36-4)25(16-10-8-7-9-11-16)31-26(33)22(39-28(31)30-19)13-17-12-20(35-3)21(14-18(17)29)38-15-23(32)37-6-2/h7-14,25H,5-6,15H2,1-4H3/b22-13-/t25-/m1/s1. The molecule has 0 spiro atoms. The Balaban J connectivity index is 1.84. The first kappa shape index (κ1) is 28.3. The summed E-state index contributed by atoms with van der Waals surface area (Å²) in [5.41, 5.74) is 2.06. The van der Waals surface area contributed by atoms with E-state index in [2.05, 4.69) is 20.9 Å². The van der Waals surface area contributed by atoms with Crippen molar-refractivity contribution in [3.63, 3.8) is 0 Å². The predicted molar refractivity (Wildman–Crippen MR) is 150 cm³/mol. The Labute approximate surface area is 237 Å². The van der Waals surface area contributed by atoms with E-state index in [9.17, 15) is 14.4 Å². The van der Waals surface area contributed by atoms with Crippen molar-refractivity contribution >= 4 is 45.3 Å². The maximum absolute atomic E-state index is 13.8. The molecule has 2 heterocycles. The SMILES string of the molecule is CCOC(=O)COc1cc(Br)c(/C=c2\sc3n(c2=O)[C@H](c2ccccc2)C(C(=O)OC)=C(CC)N=3)cc1OC. The van der Waals surface area contributed by atoms with Gasteiger partial charge in [-0.25, -0.2) is 14.6 Å². The summed E-state index contributed by atoms with van der Waals surface area (Å²) in [7, 11) is 2.80. The summed E-state index contributed by atoms with van der Waals surface area (Å²) in [6, 6.07) is 12.0. The summed E-state index contributed by atoms with van der Waals surface area (Å²) < 4.78 is 23.6. The van der Waals surface area contributed by atoms with Crippen molar-refractivity contribution in [2.45, 2.75) is 26.3 Å². The molecule has 0 bridgehead atoms. The Bertz CT molecular complexity index is 1610. The molecule has 1 atom stereocenters. The molecule has 1 aromatic heterocycles. The number of fused-ring (bicyclic) bond motifs is 1. The van der Waals surface area contributed by atoms with Crippen molar-refractivity contribution in [3.8, 4) is 11.5 Å². The van der Waals surface area contributed by atoms with Gasteiger partial charge in [0.15, 0.2) is 22.9 Å². The zero-order valence-corrected chi connectivity index (χ0v) is 24.3. The molecule has 11 heteroatoms. The highest BCUT2D eigenvalue weighted by atomic mass is 79.9. The van der Waals surface area contributed by atoms with Gasteiger partial charge in [0.05, 0.1) is 42.7 Å². The highest BCUT2D eigenvalue weighted by Gasteiger charge is 2.33. The minimum atomic E-state index is -0.677. The van der Waals surface area contributed by atoms with Gasteiger partial charge in [0.1, 0.15) is 0 Å². The van der Waals surface area contributed by atoms with Crippen LogP contribution in [0.2, 0.25) is 0 Å². The highest BCUT2D eigenvalue weighted by molar-refractivity contribution is 9.10. The Kier molecular flexibility index (Phi) is 9.03. The van der Waals surface area contributed by atoms with Crippen LogP contribution in [-0.2, 0) is 19.1 Å². The third-order valence-electron chi connectivity index (χ3n) is 5.99. The van der Waals surface area contributed by atoms with E-state index in [1.807, 2.05) is 37.3 Å². The first-order valence-corrected chi connectivity index (χ1v) is 13.8. The first-order valence-electron chi connectivity index (χ1n) is 12.2. The number of halogens is 1. The van der Waals surface area contributed by atoms with Crippen molar-refractivity contribution in [1.82, 2.24) is 4.57 Å². The normalized spacial score (nSPS) is 14.9. The number of ether oxygens (including phenoxy) is 4. The fraction of sp³-hybridized carbons (Fsp3) is 0.286. The molecule has 0 fully saturated rings. The molecule has 0 saturated heterocycles. The number of esters is 2. The van der Waals surface area contributed by atoms with Crippen LogP contribution in [0.15, 0.2) is 68.0 Å². The summed E-state index contributed by atoms with van der Waals surface area (Å²) in [6.07, 6.45) is 2.22. The largest absolute Gasteiger partial charge is 0.493 e. The van der Waals surface area contributed by atoms with Crippen molar-refractivity contribution < 1.29 is 28.5 Å². The molecule has 0 aliphatic carbocycles. The third-order valence-corrected chi connectivity index (χ3v) is 7.66. The van der Waals surface area contributed by atoms with Crippen LogP contribution >= 0.6 is 27.3 Å². The summed E-state index contributed by atoms with van der Waals surface area (Å²) in [5, 5.41) is 0. The number of rotatable bonds is 9. The number of aromatic nitrogens is 1.